The second-order valence-electron chi connectivity index (χ2n) is 9.69. The third kappa shape index (κ3) is 5.60. The van der Waals surface area contributed by atoms with Crippen molar-refractivity contribution in [3.05, 3.63) is 78.0 Å². The number of anilines is 2. The summed E-state index contributed by atoms with van der Waals surface area (Å²) in [6.07, 6.45) is 7.92. The van der Waals surface area contributed by atoms with Crippen molar-refractivity contribution in [2.75, 3.05) is 38.6 Å². The number of hydrogen-bond acceptors (Lipinski definition) is 6. The SMILES string of the molecule is CN=C(NC=C(C)C)c1cccc2c1nc(Nc1ccc(OCCN3CCCC3)cc1F)c1ccncc12. The summed E-state index contributed by atoms with van der Waals surface area (Å²) in [5, 5.41) is 9.21. The lowest BCUT2D eigenvalue weighted by Crippen LogP contribution is -2.25. The normalized spacial score (nSPS) is 14.2. The van der Waals surface area contributed by atoms with E-state index in [2.05, 4.69) is 25.5 Å². The largest absolute Gasteiger partial charge is 0.492 e. The van der Waals surface area contributed by atoms with E-state index < -0.39 is 5.82 Å². The van der Waals surface area contributed by atoms with Crippen LogP contribution >= 0.6 is 0 Å². The first-order valence-corrected chi connectivity index (χ1v) is 13.0. The van der Waals surface area contributed by atoms with Crippen molar-refractivity contribution in [2.24, 2.45) is 4.99 Å². The summed E-state index contributed by atoms with van der Waals surface area (Å²) in [7, 11) is 1.74. The zero-order chi connectivity index (χ0) is 26.5. The summed E-state index contributed by atoms with van der Waals surface area (Å²) < 4.78 is 21.0. The number of aliphatic imine (C=N–C) groups is 1. The van der Waals surface area contributed by atoms with Gasteiger partial charge in [-0.15, -0.1) is 0 Å². The molecule has 38 heavy (non-hydrogen) atoms. The number of nitrogens with zero attached hydrogens (tertiary/aromatic N) is 4. The summed E-state index contributed by atoms with van der Waals surface area (Å²) in [6, 6.07) is 12.8. The van der Waals surface area contributed by atoms with E-state index in [1.54, 1.807) is 25.4 Å². The average molecular weight is 513 g/mol. The van der Waals surface area contributed by atoms with E-state index in [0.717, 1.165) is 52.4 Å². The van der Waals surface area contributed by atoms with Crippen LogP contribution in [-0.4, -0.2) is 54.0 Å². The molecule has 3 heterocycles. The van der Waals surface area contributed by atoms with Crippen molar-refractivity contribution >= 4 is 39.0 Å². The molecule has 8 heteroatoms. The number of halogens is 1. The monoisotopic (exact) mass is 512 g/mol. The summed E-state index contributed by atoms with van der Waals surface area (Å²) >= 11 is 0. The molecule has 0 radical (unpaired) electrons. The van der Waals surface area contributed by atoms with Crippen molar-refractivity contribution in [1.29, 1.82) is 0 Å². The predicted molar refractivity (Wildman–Crippen MR) is 153 cm³/mol. The highest BCUT2D eigenvalue weighted by molar-refractivity contribution is 6.17. The number of rotatable bonds is 8. The highest BCUT2D eigenvalue weighted by atomic mass is 19.1. The smallest absolute Gasteiger partial charge is 0.150 e. The lowest BCUT2D eigenvalue weighted by Gasteiger charge is -2.16. The van der Waals surface area contributed by atoms with E-state index in [0.29, 0.717) is 29.7 Å². The van der Waals surface area contributed by atoms with Gasteiger partial charge in [0.25, 0.3) is 0 Å². The zero-order valence-corrected chi connectivity index (χ0v) is 22.1. The van der Waals surface area contributed by atoms with E-state index in [1.807, 2.05) is 50.5 Å². The minimum Gasteiger partial charge on any atom is -0.492 e. The van der Waals surface area contributed by atoms with Crippen LogP contribution in [0.3, 0.4) is 0 Å². The van der Waals surface area contributed by atoms with Gasteiger partial charge in [-0.3, -0.25) is 14.9 Å². The van der Waals surface area contributed by atoms with Crippen LogP contribution < -0.4 is 15.4 Å². The molecule has 0 bridgehead atoms. The summed E-state index contributed by atoms with van der Waals surface area (Å²) in [5.41, 5.74) is 3.04. The maximum Gasteiger partial charge on any atom is 0.150 e. The van der Waals surface area contributed by atoms with Crippen LogP contribution in [0.2, 0.25) is 0 Å². The molecule has 1 fully saturated rings. The van der Waals surface area contributed by atoms with Crippen molar-refractivity contribution in [3.63, 3.8) is 0 Å². The van der Waals surface area contributed by atoms with Gasteiger partial charge in [0, 0.05) is 60.0 Å². The molecule has 0 amide bonds. The molecule has 5 rings (SSSR count). The van der Waals surface area contributed by atoms with Crippen LogP contribution in [0.4, 0.5) is 15.9 Å². The summed E-state index contributed by atoms with van der Waals surface area (Å²) in [5.74, 6) is 1.35. The standard InChI is InChI=1S/C30H33FN6O/c1-20(2)18-34-29(32-3)24-8-6-7-22-25-19-33-12-11-23(25)30(36-28(22)24)35-27-10-9-21(17-26(27)31)38-16-15-37-13-4-5-14-37/h6-12,17-19H,4-5,13-16H2,1-3H3,(H,32,34)(H,35,36). The van der Waals surface area contributed by atoms with Crippen LogP contribution in [0.15, 0.2) is 71.6 Å². The van der Waals surface area contributed by atoms with Gasteiger partial charge in [0.05, 0.1) is 11.2 Å². The van der Waals surface area contributed by atoms with Crippen LogP contribution in [-0.2, 0) is 0 Å². The molecular formula is C30H33FN6O. The predicted octanol–water partition coefficient (Wildman–Crippen LogP) is 6.03. The Morgan fingerprint density at radius 3 is 2.71 bits per heavy atom. The third-order valence-corrected chi connectivity index (χ3v) is 6.67. The molecule has 0 atom stereocenters. The van der Waals surface area contributed by atoms with Crippen molar-refractivity contribution < 1.29 is 9.13 Å². The highest BCUT2D eigenvalue weighted by Crippen LogP contribution is 2.33. The average Bonchev–Trinajstić information content (AvgIpc) is 3.44. The van der Waals surface area contributed by atoms with Gasteiger partial charge in [-0.25, -0.2) is 9.37 Å². The number of benzene rings is 2. The van der Waals surface area contributed by atoms with Gasteiger partial charge < -0.3 is 15.4 Å². The topological polar surface area (TPSA) is 74.7 Å². The number of ether oxygens (including phenoxy) is 1. The first-order valence-electron chi connectivity index (χ1n) is 13.0. The quantitative estimate of drug-likeness (QED) is 0.171. The molecule has 0 spiro atoms. The maximum atomic E-state index is 15.2. The molecule has 7 nitrogen and oxygen atoms in total. The lowest BCUT2D eigenvalue weighted by molar-refractivity contribution is 0.237. The minimum atomic E-state index is -0.401. The number of allylic oxidation sites excluding steroid dienone is 1. The van der Waals surface area contributed by atoms with Gasteiger partial charge in [-0.2, -0.15) is 0 Å². The Labute approximate surface area is 222 Å². The molecule has 2 aromatic carbocycles. The van der Waals surface area contributed by atoms with E-state index in [1.165, 1.54) is 18.9 Å². The number of fused-ring (bicyclic) bond motifs is 3. The number of likely N-dealkylation sites (tertiary alicyclic amines) is 1. The molecular weight excluding hydrogens is 479 g/mol. The van der Waals surface area contributed by atoms with E-state index in [-0.39, 0.29) is 0 Å². The van der Waals surface area contributed by atoms with Gasteiger partial charge >= 0.3 is 0 Å². The van der Waals surface area contributed by atoms with Gasteiger partial charge in [0.15, 0.2) is 0 Å². The van der Waals surface area contributed by atoms with Crippen molar-refractivity contribution in [3.8, 4) is 5.75 Å². The lowest BCUT2D eigenvalue weighted by atomic mass is 10.0. The van der Waals surface area contributed by atoms with Gasteiger partial charge in [-0.05, 0) is 64.0 Å². The minimum absolute atomic E-state index is 0.325. The number of aromatic nitrogens is 2. The molecule has 196 valence electrons. The summed E-state index contributed by atoms with van der Waals surface area (Å²) in [4.78, 5) is 16.1. The van der Waals surface area contributed by atoms with Crippen molar-refractivity contribution in [1.82, 2.24) is 20.2 Å². The number of para-hydroxylation sites is 1. The number of hydrogen-bond donors (Lipinski definition) is 2. The van der Waals surface area contributed by atoms with Crippen LogP contribution in [0, 0.1) is 5.82 Å². The molecule has 4 aromatic rings. The molecule has 1 saturated heterocycles. The molecule has 1 aliphatic rings. The fraction of sp³-hybridized carbons (Fsp3) is 0.300. The Kier molecular flexibility index (Phi) is 7.79. The van der Waals surface area contributed by atoms with Gasteiger partial charge in [-0.1, -0.05) is 17.7 Å². The zero-order valence-electron chi connectivity index (χ0n) is 22.1. The summed E-state index contributed by atoms with van der Waals surface area (Å²) in [6.45, 7) is 7.66. The van der Waals surface area contributed by atoms with Crippen LogP contribution in [0.25, 0.3) is 21.7 Å². The number of amidine groups is 1. The Balaban J connectivity index is 1.47. The van der Waals surface area contributed by atoms with Gasteiger partial charge in [0.2, 0.25) is 0 Å². The Bertz CT molecular complexity index is 1510. The first kappa shape index (κ1) is 25.6. The van der Waals surface area contributed by atoms with E-state index >= 15 is 4.39 Å². The highest BCUT2D eigenvalue weighted by Gasteiger charge is 2.16. The molecule has 1 aliphatic heterocycles. The Hall–Kier alpha value is -4.04. The van der Waals surface area contributed by atoms with E-state index in [4.69, 9.17) is 9.72 Å². The van der Waals surface area contributed by atoms with E-state index in [9.17, 15) is 0 Å². The fourth-order valence-corrected chi connectivity index (χ4v) is 4.74. The second-order valence-corrected chi connectivity index (χ2v) is 9.69. The second kappa shape index (κ2) is 11.6. The van der Waals surface area contributed by atoms with Crippen LogP contribution in [0.1, 0.15) is 32.3 Å². The maximum absolute atomic E-state index is 15.2. The molecule has 2 aromatic heterocycles. The Morgan fingerprint density at radius 2 is 1.95 bits per heavy atom. The third-order valence-electron chi connectivity index (χ3n) is 6.67. The fourth-order valence-electron chi connectivity index (χ4n) is 4.74. The Morgan fingerprint density at radius 1 is 1.11 bits per heavy atom. The molecule has 0 saturated carbocycles. The molecule has 0 unspecified atom stereocenters. The van der Waals surface area contributed by atoms with Crippen molar-refractivity contribution in [2.45, 2.75) is 26.7 Å². The number of nitrogens with one attached hydrogen (secondary N) is 2. The van der Waals surface area contributed by atoms with Gasteiger partial charge in [0.1, 0.15) is 29.8 Å². The first-order chi connectivity index (χ1) is 18.5. The van der Waals surface area contributed by atoms with Crippen LogP contribution in [0.5, 0.6) is 5.75 Å². The number of pyridine rings is 2. The molecule has 0 aliphatic carbocycles. The molecule has 2 N–H and O–H groups in total.